The van der Waals surface area contributed by atoms with E-state index in [-0.39, 0.29) is 24.8 Å². The summed E-state index contributed by atoms with van der Waals surface area (Å²) in [6.45, 7) is -0.182. The van der Waals surface area contributed by atoms with E-state index in [0.717, 1.165) is 0 Å². The third-order valence-electron chi connectivity index (χ3n) is 3.28. The molecule has 1 heterocycles. The summed E-state index contributed by atoms with van der Waals surface area (Å²) in [5, 5.41) is 0. The van der Waals surface area contributed by atoms with Crippen LogP contribution in [0.3, 0.4) is 0 Å². The van der Waals surface area contributed by atoms with Crippen LogP contribution < -0.4 is 9.64 Å². The molecule has 2 aromatic rings. The van der Waals surface area contributed by atoms with Crippen LogP contribution in [0.5, 0.6) is 5.75 Å². The van der Waals surface area contributed by atoms with Gasteiger partial charge in [0.1, 0.15) is 11.6 Å². The number of nitrogens with zero attached hydrogens (tertiary/aromatic N) is 1. The number of benzene rings is 2. The number of anilines is 1. The standard InChI is InChI=1S/C16H12FNO3/c17-12-7-5-11(6-8-12)14(19)9-18-13-3-1-2-4-15(13)21-10-16(18)20/h1-8H,9-10H2. The third kappa shape index (κ3) is 2.63. The van der Waals surface area contributed by atoms with E-state index in [4.69, 9.17) is 4.74 Å². The molecule has 21 heavy (non-hydrogen) atoms. The third-order valence-corrected chi connectivity index (χ3v) is 3.28. The Kier molecular flexibility index (Phi) is 3.39. The minimum atomic E-state index is -0.403. The smallest absolute Gasteiger partial charge is 0.265 e. The van der Waals surface area contributed by atoms with Crippen molar-refractivity contribution >= 4 is 17.4 Å². The van der Waals surface area contributed by atoms with E-state index in [1.165, 1.54) is 29.2 Å². The van der Waals surface area contributed by atoms with E-state index in [9.17, 15) is 14.0 Å². The second kappa shape index (κ2) is 5.36. The molecule has 0 unspecified atom stereocenters. The molecule has 2 aromatic carbocycles. The highest BCUT2D eigenvalue weighted by Crippen LogP contribution is 2.31. The van der Waals surface area contributed by atoms with E-state index < -0.39 is 5.82 Å². The summed E-state index contributed by atoms with van der Waals surface area (Å²) in [5.74, 6) is -0.354. The first-order chi connectivity index (χ1) is 10.1. The van der Waals surface area contributed by atoms with Crippen LogP contribution in [0.25, 0.3) is 0 Å². The molecule has 5 heteroatoms. The van der Waals surface area contributed by atoms with Gasteiger partial charge in [0.15, 0.2) is 12.4 Å². The van der Waals surface area contributed by atoms with E-state index in [0.29, 0.717) is 17.0 Å². The zero-order chi connectivity index (χ0) is 14.8. The summed E-state index contributed by atoms with van der Waals surface area (Å²) in [6, 6.07) is 12.3. The molecule has 0 spiro atoms. The summed E-state index contributed by atoms with van der Waals surface area (Å²) in [6.07, 6.45) is 0. The number of fused-ring (bicyclic) bond motifs is 1. The molecule has 0 N–H and O–H groups in total. The molecule has 106 valence electrons. The van der Waals surface area contributed by atoms with Gasteiger partial charge in [-0.1, -0.05) is 12.1 Å². The Bertz CT molecular complexity index is 697. The van der Waals surface area contributed by atoms with Gasteiger partial charge in [-0.25, -0.2) is 4.39 Å². The highest BCUT2D eigenvalue weighted by atomic mass is 19.1. The van der Waals surface area contributed by atoms with Crippen molar-refractivity contribution in [3.05, 3.63) is 59.9 Å². The molecule has 1 aliphatic rings. The van der Waals surface area contributed by atoms with Crippen molar-refractivity contribution in [2.45, 2.75) is 0 Å². The molecule has 1 aliphatic heterocycles. The Morgan fingerprint density at radius 3 is 2.62 bits per heavy atom. The zero-order valence-electron chi connectivity index (χ0n) is 11.1. The summed E-state index contributed by atoms with van der Waals surface area (Å²) >= 11 is 0. The predicted molar refractivity (Wildman–Crippen MR) is 75.0 cm³/mol. The number of ketones is 1. The maximum absolute atomic E-state index is 12.9. The average molecular weight is 285 g/mol. The van der Waals surface area contributed by atoms with Gasteiger partial charge in [0.25, 0.3) is 5.91 Å². The van der Waals surface area contributed by atoms with Gasteiger partial charge < -0.3 is 4.74 Å². The molecule has 1 amide bonds. The van der Waals surface area contributed by atoms with Crippen molar-refractivity contribution in [2.24, 2.45) is 0 Å². The van der Waals surface area contributed by atoms with Gasteiger partial charge in [0.05, 0.1) is 12.2 Å². The Morgan fingerprint density at radius 2 is 1.86 bits per heavy atom. The maximum atomic E-state index is 12.9. The lowest BCUT2D eigenvalue weighted by atomic mass is 10.1. The van der Waals surface area contributed by atoms with Gasteiger partial charge in [-0.3, -0.25) is 14.5 Å². The van der Waals surface area contributed by atoms with Crippen LogP contribution in [0.2, 0.25) is 0 Å². The molecule has 4 nitrogen and oxygen atoms in total. The van der Waals surface area contributed by atoms with Crippen LogP contribution in [0, 0.1) is 5.82 Å². The lowest BCUT2D eigenvalue weighted by Crippen LogP contribution is -2.41. The number of hydrogen-bond acceptors (Lipinski definition) is 3. The fraction of sp³-hybridized carbons (Fsp3) is 0.125. The number of rotatable bonds is 3. The molecule has 0 radical (unpaired) electrons. The molecular weight excluding hydrogens is 273 g/mol. The van der Waals surface area contributed by atoms with E-state index in [1.807, 2.05) is 0 Å². The normalized spacial score (nSPS) is 13.6. The van der Waals surface area contributed by atoms with Crippen LogP contribution in [0.15, 0.2) is 48.5 Å². The second-order valence-electron chi connectivity index (χ2n) is 4.67. The number of Topliss-reactive ketones (excluding diaryl/α,β-unsaturated/α-hetero) is 1. The molecule has 3 rings (SSSR count). The van der Waals surface area contributed by atoms with Crippen molar-refractivity contribution in [1.29, 1.82) is 0 Å². The predicted octanol–water partition coefficient (Wildman–Crippen LogP) is 2.43. The quantitative estimate of drug-likeness (QED) is 0.814. The zero-order valence-corrected chi connectivity index (χ0v) is 11.1. The van der Waals surface area contributed by atoms with Gasteiger partial charge in [-0.15, -0.1) is 0 Å². The Hall–Kier alpha value is -2.69. The van der Waals surface area contributed by atoms with E-state index in [2.05, 4.69) is 0 Å². The van der Waals surface area contributed by atoms with Gasteiger partial charge in [-0.2, -0.15) is 0 Å². The first-order valence-corrected chi connectivity index (χ1v) is 6.46. The largest absolute Gasteiger partial charge is 0.482 e. The minimum Gasteiger partial charge on any atom is -0.482 e. The number of amides is 1. The van der Waals surface area contributed by atoms with Gasteiger partial charge in [-0.05, 0) is 36.4 Å². The number of halogens is 1. The topological polar surface area (TPSA) is 46.6 Å². The number of carbonyl (C=O) groups excluding carboxylic acids is 2. The van der Waals surface area contributed by atoms with Gasteiger partial charge >= 0.3 is 0 Å². The monoisotopic (exact) mass is 285 g/mol. The first kappa shape index (κ1) is 13.3. The molecule has 0 aliphatic carbocycles. The highest BCUT2D eigenvalue weighted by Gasteiger charge is 2.27. The van der Waals surface area contributed by atoms with Crippen molar-refractivity contribution in [3.8, 4) is 5.75 Å². The molecule has 0 bridgehead atoms. The van der Waals surface area contributed by atoms with Crippen LogP contribution >= 0.6 is 0 Å². The number of para-hydroxylation sites is 2. The van der Waals surface area contributed by atoms with E-state index >= 15 is 0 Å². The summed E-state index contributed by atoms with van der Waals surface area (Å²) in [5.41, 5.74) is 0.942. The molecule has 0 atom stereocenters. The SMILES string of the molecule is O=C(CN1C(=O)COc2ccccc21)c1ccc(F)cc1. The number of carbonyl (C=O) groups is 2. The number of ether oxygens (including phenoxy) is 1. The second-order valence-corrected chi connectivity index (χ2v) is 4.67. The van der Waals surface area contributed by atoms with Crippen LogP contribution in [0.1, 0.15) is 10.4 Å². The van der Waals surface area contributed by atoms with Crippen molar-refractivity contribution in [1.82, 2.24) is 0 Å². The first-order valence-electron chi connectivity index (χ1n) is 6.46. The average Bonchev–Trinajstić information content (AvgIpc) is 2.51. The van der Waals surface area contributed by atoms with Crippen LogP contribution in [0.4, 0.5) is 10.1 Å². The van der Waals surface area contributed by atoms with E-state index in [1.54, 1.807) is 24.3 Å². The molecule has 0 saturated heterocycles. The van der Waals surface area contributed by atoms with Crippen LogP contribution in [-0.2, 0) is 4.79 Å². The lowest BCUT2D eigenvalue weighted by Gasteiger charge is -2.28. The van der Waals surface area contributed by atoms with Crippen molar-refractivity contribution in [2.75, 3.05) is 18.1 Å². The molecular formula is C16H12FNO3. The van der Waals surface area contributed by atoms with Gasteiger partial charge in [0, 0.05) is 5.56 Å². The minimum absolute atomic E-state index is 0.0896. The lowest BCUT2D eigenvalue weighted by molar-refractivity contribution is -0.121. The van der Waals surface area contributed by atoms with Gasteiger partial charge in [0.2, 0.25) is 0 Å². The van der Waals surface area contributed by atoms with Crippen molar-refractivity contribution < 1.29 is 18.7 Å². The Morgan fingerprint density at radius 1 is 1.14 bits per heavy atom. The van der Waals surface area contributed by atoms with Crippen molar-refractivity contribution in [3.63, 3.8) is 0 Å². The number of hydrogen-bond donors (Lipinski definition) is 0. The van der Waals surface area contributed by atoms with Crippen LogP contribution in [-0.4, -0.2) is 24.8 Å². The highest BCUT2D eigenvalue weighted by molar-refractivity contribution is 6.07. The molecule has 0 aromatic heterocycles. The summed E-state index contributed by atoms with van der Waals surface area (Å²) in [7, 11) is 0. The fourth-order valence-electron chi connectivity index (χ4n) is 2.20. The maximum Gasteiger partial charge on any atom is 0.265 e. The molecule has 0 saturated carbocycles. The summed E-state index contributed by atoms with van der Waals surface area (Å²) in [4.78, 5) is 25.6. The fourth-order valence-corrected chi connectivity index (χ4v) is 2.20. The Balaban J connectivity index is 1.85. The Labute approximate surface area is 120 Å². The molecule has 0 fully saturated rings. The summed E-state index contributed by atoms with van der Waals surface area (Å²) < 4.78 is 18.2.